The summed E-state index contributed by atoms with van der Waals surface area (Å²) in [6.45, 7) is 8.02. The predicted octanol–water partition coefficient (Wildman–Crippen LogP) is 4.91. The van der Waals surface area contributed by atoms with E-state index in [4.69, 9.17) is 4.74 Å². The smallest absolute Gasteiger partial charge is 0.127 e. The SMILES string of the molecule is C=C(/C=C/c1ccc(C)cc1)Oc1ccc(C)cc1. The number of rotatable bonds is 4. The molecule has 19 heavy (non-hydrogen) atoms. The van der Waals surface area contributed by atoms with E-state index in [0.717, 1.165) is 11.3 Å². The summed E-state index contributed by atoms with van der Waals surface area (Å²) in [4.78, 5) is 0. The van der Waals surface area contributed by atoms with Crippen LogP contribution in [0.2, 0.25) is 0 Å². The molecular formula is C18H18O. The second-order valence-corrected chi connectivity index (χ2v) is 4.63. The molecule has 2 aromatic rings. The molecule has 0 saturated heterocycles. The minimum absolute atomic E-state index is 0.629. The summed E-state index contributed by atoms with van der Waals surface area (Å²) in [7, 11) is 0. The van der Waals surface area contributed by atoms with Gasteiger partial charge in [-0.2, -0.15) is 0 Å². The highest BCUT2D eigenvalue weighted by Crippen LogP contribution is 2.15. The summed E-state index contributed by atoms with van der Waals surface area (Å²) >= 11 is 0. The zero-order valence-corrected chi connectivity index (χ0v) is 11.4. The van der Waals surface area contributed by atoms with Crippen LogP contribution in [0.5, 0.6) is 5.75 Å². The van der Waals surface area contributed by atoms with Gasteiger partial charge >= 0.3 is 0 Å². The molecule has 0 amide bonds. The summed E-state index contributed by atoms with van der Waals surface area (Å²) < 4.78 is 5.63. The molecule has 2 aromatic carbocycles. The molecule has 0 bridgehead atoms. The Balaban J connectivity index is 1.97. The molecule has 0 aliphatic rings. The van der Waals surface area contributed by atoms with Gasteiger partial charge < -0.3 is 4.74 Å². The lowest BCUT2D eigenvalue weighted by molar-refractivity contribution is 0.447. The summed E-state index contributed by atoms with van der Waals surface area (Å²) in [6, 6.07) is 16.3. The van der Waals surface area contributed by atoms with Crippen LogP contribution in [0.15, 0.2) is 66.9 Å². The van der Waals surface area contributed by atoms with Gasteiger partial charge in [0.2, 0.25) is 0 Å². The molecule has 2 rings (SSSR count). The van der Waals surface area contributed by atoms with Crippen LogP contribution in [0.3, 0.4) is 0 Å². The lowest BCUT2D eigenvalue weighted by Crippen LogP contribution is -1.90. The van der Waals surface area contributed by atoms with Gasteiger partial charge in [-0.15, -0.1) is 0 Å². The van der Waals surface area contributed by atoms with Gasteiger partial charge in [-0.25, -0.2) is 0 Å². The van der Waals surface area contributed by atoms with E-state index in [1.165, 1.54) is 11.1 Å². The molecule has 0 saturated carbocycles. The minimum atomic E-state index is 0.629. The summed E-state index contributed by atoms with van der Waals surface area (Å²) in [5, 5.41) is 0. The molecule has 0 radical (unpaired) electrons. The third-order valence-electron chi connectivity index (χ3n) is 2.81. The summed E-state index contributed by atoms with van der Waals surface area (Å²) in [6.07, 6.45) is 3.88. The zero-order chi connectivity index (χ0) is 13.7. The van der Waals surface area contributed by atoms with Gasteiger partial charge in [0.25, 0.3) is 0 Å². The van der Waals surface area contributed by atoms with E-state index in [9.17, 15) is 0 Å². The third kappa shape index (κ3) is 4.14. The van der Waals surface area contributed by atoms with E-state index in [1.54, 1.807) is 0 Å². The average Bonchev–Trinajstić information content (AvgIpc) is 2.41. The summed E-state index contributed by atoms with van der Waals surface area (Å²) in [5.41, 5.74) is 3.61. The van der Waals surface area contributed by atoms with Crippen LogP contribution in [-0.4, -0.2) is 0 Å². The molecule has 1 nitrogen and oxygen atoms in total. The van der Waals surface area contributed by atoms with Crippen LogP contribution >= 0.6 is 0 Å². The Morgan fingerprint density at radius 1 is 0.895 bits per heavy atom. The van der Waals surface area contributed by atoms with Gasteiger partial charge in [-0.1, -0.05) is 60.2 Å². The molecule has 0 aliphatic carbocycles. The average molecular weight is 250 g/mol. The molecular weight excluding hydrogens is 232 g/mol. The van der Waals surface area contributed by atoms with Crippen LogP contribution in [-0.2, 0) is 0 Å². The van der Waals surface area contributed by atoms with E-state index in [0.29, 0.717) is 5.76 Å². The Morgan fingerprint density at radius 2 is 1.42 bits per heavy atom. The molecule has 96 valence electrons. The number of benzene rings is 2. The molecule has 0 aliphatic heterocycles. The number of allylic oxidation sites excluding steroid dienone is 1. The Labute approximate surface area is 114 Å². The van der Waals surface area contributed by atoms with Gasteiger partial charge in [-0.05, 0) is 37.6 Å². The van der Waals surface area contributed by atoms with Crippen molar-refractivity contribution < 1.29 is 4.74 Å². The van der Waals surface area contributed by atoms with E-state index < -0.39 is 0 Å². The first-order chi connectivity index (χ1) is 9.13. The fourth-order valence-corrected chi connectivity index (χ4v) is 1.66. The Hall–Kier alpha value is -2.28. The van der Waals surface area contributed by atoms with Crippen molar-refractivity contribution in [2.75, 3.05) is 0 Å². The van der Waals surface area contributed by atoms with Crippen LogP contribution < -0.4 is 4.74 Å². The summed E-state index contributed by atoms with van der Waals surface area (Å²) in [5.74, 6) is 1.44. The first-order valence-electron chi connectivity index (χ1n) is 6.32. The molecule has 0 unspecified atom stereocenters. The number of ether oxygens (including phenoxy) is 1. The van der Waals surface area contributed by atoms with E-state index in [2.05, 4.69) is 44.7 Å². The van der Waals surface area contributed by atoms with Gasteiger partial charge in [0.1, 0.15) is 11.5 Å². The van der Waals surface area contributed by atoms with E-state index in [1.807, 2.05) is 36.4 Å². The number of aryl methyl sites for hydroxylation is 2. The van der Waals surface area contributed by atoms with E-state index in [-0.39, 0.29) is 0 Å². The predicted molar refractivity (Wildman–Crippen MR) is 81.2 cm³/mol. The maximum absolute atomic E-state index is 5.63. The first-order valence-corrected chi connectivity index (χ1v) is 6.32. The maximum atomic E-state index is 5.63. The van der Waals surface area contributed by atoms with Crippen molar-refractivity contribution in [1.82, 2.24) is 0 Å². The lowest BCUT2D eigenvalue weighted by atomic mass is 10.1. The first kappa shape index (κ1) is 13.2. The van der Waals surface area contributed by atoms with E-state index >= 15 is 0 Å². The van der Waals surface area contributed by atoms with Crippen LogP contribution in [0, 0.1) is 13.8 Å². The quantitative estimate of drug-likeness (QED) is 0.553. The lowest BCUT2D eigenvalue weighted by Gasteiger charge is -2.05. The Morgan fingerprint density at radius 3 is 2.00 bits per heavy atom. The van der Waals surface area contributed by atoms with Gasteiger partial charge in [0.05, 0.1) is 0 Å². The van der Waals surface area contributed by atoms with Crippen LogP contribution in [0.4, 0.5) is 0 Å². The second-order valence-electron chi connectivity index (χ2n) is 4.63. The zero-order valence-electron chi connectivity index (χ0n) is 11.4. The van der Waals surface area contributed by atoms with Crippen molar-refractivity contribution in [3.63, 3.8) is 0 Å². The maximum Gasteiger partial charge on any atom is 0.127 e. The van der Waals surface area contributed by atoms with Crippen LogP contribution in [0.1, 0.15) is 16.7 Å². The minimum Gasteiger partial charge on any atom is -0.458 e. The molecule has 0 atom stereocenters. The standard InChI is InChI=1S/C18H18O/c1-14-4-9-17(10-5-14)11-8-16(3)19-18-12-6-15(2)7-13-18/h4-13H,3H2,1-2H3/b11-8+. The molecule has 0 fully saturated rings. The second kappa shape index (κ2) is 6.05. The van der Waals surface area contributed by atoms with Crippen molar-refractivity contribution in [3.8, 4) is 5.75 Å². The molecule has 0 spiro atoms. The molecule has 0 aromatic heterocycles. The Kier molecular flexibility index (Phi) is 4.19. The normalized spacial score (nSPS) is 10.6. The third-order valence-corrected chi connectivity index (χ3v) is 2.81. The fraction of sp³-hybridized carbons (Fsp3) is 0.111. The fourth-order valence-electron chi connectivity index (χ4n) is 1.66. The van der Waals surface area contributed by atoms with Crippen molar-refractivity contribution >= 4 is 6.08 Å². The highest BCUT2D eigenvalue weighted by molar-refractivity contribution is 5.52. The largest absolute Gasteiger partial charge is 0.458 e. The highest BCUT2D eigenvalue weighted by atomic mass is 16.5. The van der Waals surface area contributed by atoms with Crippen molar-refractivity contribution in [1.29, 1.82) is 0 Å². The number of hydrogen-bond acceptors (Lipinski definition) is 1. The Bertz CT molecular complexity index is 574. The molecule has 0 N–H and O–H groups in total. The van der Waals surface area contributed by atoms with Crippen LogP contribution in [0.25, 0.3) is 6.08 Å². The van der Waals surface area contributed by atoms with Crippen molar-refractivity contribution in [2.45, 2.75) is 13.8 Å². The van der Waals surface area contributed by atoms with Gasteiger partial charge in [0.15, 0.2) is 0 Å². The highest BCUT2D eigenvalue weighted by Gasteiger charge is 1.94. The van der Waals surface area contributed by atoms with Gasteiger partial charge in [0, 0.05) is 0 Å². The molecule has 0 heterocycles. The molecule has 1 heteroatoms. The van der Waals surface area contributed by atoms with Crippen molar-refractivity contribution in [3.05, 3.63) is 83.6 Å². The topological polar surface area (TPSA) is 9.23 Å². The number of hydrogen-bond donors (Lipinski definition) is 0. The van der Waals surface area contributed by atoms with Crippen molar-refractivity contribution in [2.24, 2.45) is 0 Å². The monoisotopic (exact) mass is 250 g/mol. The van der Waals surface area contributed by atoms with Gasteiger partial charge in [-0.3, -0.25) is 0 Å².